The number of halogens is 2. The standard InChI is InChI=1S/C17H15ClN4O2S.BrH/c1-2-21-16(11-3-5-12(18)6-4-11)10-25-17(21)20-13-7-8-14(19)15(9-13)22(23)24;/h3-10H,2,19H2,1H3;1H. The monoisotopic (exact) mass is 454 g/mol. The van der Waals surface area contributed by atoms with Crippen LogP contribution in [0.3, 0.4) is 0 Å². The number of nitro benzene ring substituents is 1. The van der Waals surface area contributed by atoms with Gasteiger partial charge in [-0.2, -0.15) is 0 Å². The average Bonchev–Trinajstić information content (AvgIpc) is 2.99. The summed E-state index contributed by atoms with van der Waals surface area (Å²) in [6.07, 6.45) is 0. The Morgan fingerprint density at radius 2 is 1.96 bits per heavy atom. The van der Waals surface area contributed by atoms with E-state index in [1.807, 2.05) is 36.6 Å². The number of nitro groups is 1. The Labute approximate surface area is 170 Å². The van der Waals surface area contributed by atoms with Gasteiger partial charge in [-0.3, -0.25) is 10.1 Å². The number of nitrogens with zero attached hydrogens (tertiary/aromatic N) is 2. The van der Waals surface area contributed by atoms with Gasteiger partial charge in [0.05, 0.1) is 17.5 Å². The molecular weight excluding hydrogens is 440 g/mol. The molecule has 0 fully saturated rings. The van der Waals surface area contributed by atoms with Crippen molar-refractivity contribution >= 4 is 45.1 Å². The number of rotatable bonds is 5. The molecule has 0 bridgehead atoms. The van der Waals surface area contributed by atoms with Gasteiger partial charge in [0, 0.05) is 16.0 Å². The molecule has 0 atom stereocenters. The minimum absolute atomic E-state index is 0. The zero-order valence-electron chi connectivity index (χ0n) is 13.8. The Hall–Kier alpha value is -2.16. The van der Waals surface area contributed by atoms with Crippen LogP contribution in [0.5, 0.6) is 0 Å². The fourth-order valence-electron chi connectivity index (χ4n) is 2.51. The van der Waals surface area contributed by atoms with Crippen molar-refractivity contribution in [2.45, 2.75) is 13.5 Å². The molecule has 0 saturated heterocycles. The van der Waals surface area contributed by atoms with E-state index in [0.717, 1.165) is 22.9 Å². The third kappa shape index (κ3) is 4.14. The topological polar surface area (TPSA) is 85.1 Å². The van der Waals surface area contributed by atoms with Crippen LogP contribution in [-0.4, -0.2) is 4.92 Å². The van der Waals surface area contributed by atoms with Gasteiger partial charge in [0.15, 0.2) is 0 Å². The summed E-state index contributed by atoms with van der Waals surface area (Å²) in [7, 11) is 0. The van der Waals surface area contributed by atoms with Crippen LogP contribution in [0.4, 0.5) is 22.2 Å². The maximum Gasteiger partial charge on any atom is 0.339 e. The lowest BCUT2D eigenvalue weighted by Gasteiger charge is -2.04. The summed E-state index contributed by atoms with van der Waals surface area (Å²) in [6, 6.07) is 12.3. The van der Waals surface area contributed by atoms with Gasteiger partial charge in [-0.1, -0.05) is 22.9 Å². The summed E-state index contributed by atoms with van der Waals surface area (Å²) in [5.74, 6) is 0. The number of hydrogen-bond acceptors (Lipinski definition) is 5. The Morgan fingerprint density at radius 3 is 2.58 bits per heavy atom. The van der Waals surface area contributed by atoms with Crippen molar-refractivity contribution in [3.8, 4) is 11.3 Å². The first kappa shape index (κ1) is 20.2. The highest BCUT2D eigenvalue weighted by Gasteiger charge is 2.20. The Morgan fingerprint density at radius 1 is 1.27 bits per heavy atom. The minimum Gasteiger partial charge on any atom is -1.00 e. The molecule has 2 aromatic carbocycles. The van der Waals surface area contributed by atoms with Gasteiger partial charge in [-0.25, -0.2) is 9.88 Å². The summed E-state index contributed by atoms with van der Waals surface area (Å²) in [5.41, 5.74) is 8.41. The van der Waals surface area contributed by atoms with Gasteiger partial charge >= 0.3 is 5.13 Å². The van der Waals surface area contributed by atoms with Gasteiger partial charge in [0.2, 0.25) is 0 Å². The molecule has 0 amide bonds. The molecular formula is C17H16BrClN4O2S. The molecule has 9 heteroatoms. The van der Waals surface area contributed by atoms with E-state index in [4.69, 9.17) is 17.3 Å². The van der Waals surface area contributed by atoms with Crippen molar-refractivity contribution in [2.75, 3.05) is 11.1 Å². The van der Waals surface area contributed by atoms with Crippen LogP contribution >= 0.6 is 22.9 Å². The molecule has 0 saturated carbocycles. The van der Waals surface area contributed by atoms with Crippen LogP contribution in [0.25, 0.3) is 11.3 Å². The number of thiazole rings is 1. The molecule has 0 spiro atoms. The van der Waals surface area contributed by atoms with Crippen molar-refractivity contribution in [1.82, 2.24) is 0 Å². The fourth-order valence-corrected chi connectivity index (χ4v) is 3.65. The van der Waals surface area contributed by atoms with Crippen molar-refractivity contribution in [1.29, 1.82) is 0 Å². The van der Waals surface area contributed by atoms with Crippen molar-refractivity contribution < 1.29 is 26.5 Å². The molecule has 1 aromatic heterocycles. The second-order valence-corrected chi connectivity index (χ2v) is 6.63. The fraction of sp³-hybridized carbons (Fsp3) is 0.118. The minimum atomic E-state index is -0.484. The first-order valence-electron chi connectivity index (χ1n) is 7.57. The number of anilines is 3. The van der Waals surface area contributed by atoms with E-state index in [9.17, 15) is 10.1 Å². The number of aromatic nitrogens is 1. The molecule has 0 aliphatic carbocycles. The second-order valence-electron chi connectivity index (χ2n) is 5.33. The van der Waals surface area contributed by atoms with Gasteiger partial charge in [-0.15, -0.1) is 0 Å². The molecule has 3 rings (SSSR count). The van der Waals surface area contributed by atoms with Crippen LogP contribution in [-0.2, 0) is 6.54 Å². The maximum atomic E-state index is 11.1. The Bertz CT molecular complexity index is 931. The van der Waals surface area contributed by atoms with Crippen molar-refractivity contribution in [3.63, 3.8) is 0 Å². The molecule has 26 heavy (non-hydrogen) atoms. The SMILES string of the molecule is CC[n+]1c(-c2ccc(Cl)cc2)csc1Nc1ccc(N)c([N+](=O)[O-])c1.[Br-]. The summed E-state index contributed by atoms with van der Waals surface area (Å²) in [4.78, 5) is 10.6. The van der Waals surface area contributed by atoms with Gasteiger partial charge < -0.3 is 22.7 Å². The molecule has 1 heterocycles. The van der Waals surface area contributed by atoms with E-state index >= 15 is 0 Å². The zero-order chi connectivity index (χ0) is 18.0. The molecule has 0 radical (unpaired) electrons. The van der Waals surface area contributed by atoms with E-state index in [2.05, 4.69) is 9.88 Å². The third-order valence-electron chi connectivity index (χ3n) is 3.75. The van der Waals surface area contributed by atoms with Gasteiger partial charge in [0.25, 0.3) is 5.69 Å². The molecule has 0 aliphatic heterocycles. The molecule has 136 valence electrons. The molecule has 3 aromatic rings. The highest BCUT2D eigenvalue weighted by Crippen LogP contribution is 2.30. The smallest absolute Gasteiger partial charge is 0.339 e. The predicted molar refractivity (Wildman–Crippen MR) is 101 cm³/mol. The van der Waals surface area contributed by atoms with Crippen molar-refractivity contribution in [2.24, 2.45) is 0 Å². The summed E-state index contributed by atoms with van der Waals surface area (Å²) in [6.45, 7) is 2.80. The van der Waals surface area contributed by atoms with Crippen LogP contribution in [0.1, 0.15) is 6.92 Å². The Balaban J connectivity index is 0.00000243. The molecule has 6 nitrogen and oxygen atoms in total. The molecule has 0 aliphatic rings. The summed E-state index contributed by atoms with van der Waals surface area (Å²) < 4.78 is 2.11. The number of nitrogens with one attached hydrogen (secondary N) is 1. The maximum absolute atomic E-state index is 11.1. The number of nitrogen functional groups attached to an aromatic ring is 1. The third-order valence-corrected chi connectivity index (χ3v) is 4.89. The Kier molecular flexibility index (Phi) is 6.57. The number of hydrogen-bond donors (Lipinski definition) is 2. The lowest BCUT2D eigenvalue weighted by molar-refractivity contribution is -0.664. The lowest BCUT2D eigenvalue weighted by Crippen LogP contribution is -3.00. The highest BCUT2D eigenvalue weighted by molar-refractivity contribution is 7.13. The molecule has 0 unspecified atom stereocenters. The summed E-state index contributed by atoms with van der Waals surface area (Å²) in [5, 5.41) is 17.9. The van der Waals surface area contributed by atoms with Gasteiger partial charge in [-0.05, 0) is 43.3 Å². The quantitative estimate of drug-likeness (QED) is 0.265. The first-order chi connectivity index (χ1) is 12.0. The van der Waals surface area contributed by atoms with Crippen LogP contribution in [0.15, 0.2) is 47.8 Å². The zero-order valence-corrected chi connectivity index (χ0v) is 16.9. The largest absolute Gasteiger partial charge is 1.00 e. The second kappa shape index (κ2) is 8.48. The van der Waals surface area contributed by atoms with Crippen molar-refractivity contribution in [3.05, 3.63) is 63.0 Å². The lowest BCUT2D eigenvalue weighted by atomic mass is 10.2. The van der Waals surface area contributed by atoms with Gasteiger partial charge in [0.1, 0.15) is 17.1 Å². The highest BCUT2D eigenvalue weighted by atomic mass is 79.9. The van der Waals surface area contributed by atoms with Crippen LogP contribution in [0.2, 0.25) is 5.02 Å². The van der Waals surface area contributed by atoms with E-state index in [1.54, 1.807) is 6.07 Å². The van der Waals surface area contributed by atoms with E-state index in [1.165, 1.54) is 23.5 Å². The summed E-state index contributed by atoms with van der Waals surface area (Å²) >= 11 is 7.49. The van der Waals surface area contributed by atoms with Crippen LogP contribution < -0.4 is 32.6 Å². The van der Waals surface area contributed by atoms with Crippen LogP contribution in [0, 0.1) is 10.1 Å². The van der Waals surface area contributed by atoms with E-state index in [0.29, 0.717) is 10.7 Å². The predicted octanol–water partition coefficient (Wildman–Crippen LogP) is 1.61. The molecule has 3 N–H and O–H groups in total. The average molecular weight is 456 g/mol. The normalized spacial score (nSPS) is 10.2. The number of benzene rings is 2. The van der Waals surface area contributed by atoms with E-state index in [-0.39, 0.29) is 28.4 Å². The first-order valence-corrected chi connectivity index (χ1v) is 8.83. The number of nitrogens with two attached hydrogens (primary N) is 1. The van der Waals surface area contributed by atoms with E-state index < -0.39 is 4.92 Å².